The summed E-state index contributed by atoms with van der Waals surface area (Å²) in [5.74, 6) is 0. The molecular weight excluding hydrogens is 374 g/mol. The minimum atomic E-state index is -0.0544. The molecule has 0 N–H and O–H groups in total. The molecule has 6 heteroatoms. The first-order valence-corrected chi connectivity index (χ1v) is 9.85. The van der Waals surface area contributed by atoms with Crippen molar-refractivity contribution in [3.05, 3.63) is 98.0 Å². The molecule has 148 valence electrons. The molecule has 2 heterocycles. The number of hydrogen-bond acceptors (Lipinski definition) is 5. The summed E-state index contributed by atoms with van der Waals surface area (Å²) in [5, 5.41) is 22.8. The van der Waals surface area contributed by atoms with Crippen LogP contribution in [0.4, 0.5) is 0 Å². The summed E-state index contributed by atoms with van der Waals surface area (Å²) < 4.78 is 1.52. The van der Waals surface area contributed by atoms with Crippen LogP contribution in [0.25, 0.3) is 0 Å². The molecule has 0 aliphatic carbocycles. The number of aromatic nitrogens is 2. The van der Waals surface area contributed by atoms with Crippen molar-refractivity contribution in [3.63, 3.8) is 0 Å². The molecule has 0 atom stereocenters. The quantitative estimate of drug-likeness (QED) is 0.678. The largest absolute Gasteiger partial charge is 0.294 e. The molecule has 0 fully saturated rings. The Kier molecular flexibility index (Phi) is 5.43. The standard InChI is InChI=1S/C24H21N5O/c1-17-2-4-18(5-3-17)15-29-24(30)23-16-28(7-6-22(23)13-27-29)14-21-9-19(11-25)8-20(10-21)12-26/h2-5,8-10,13H,6-7,14-16H2,1H3. The van der Waals surface area contributed by atoms with Crippen molar-refractivity contribution in [2.24, 2.45) is 0 Å². The van der Waals surface area contributed by atoms with E-state index in [2.05, 4.69) is 22.1 Å². The van der Waals surface area contributed by atoms with Gasteiger partial charge in [0.1, 0.15) is 0 Å². The van der Waals surface area contributed by atoms with Crippen LogP contribution in [-0.2, 0) is 26.1 Å². The van der Waals surface area contributed by atoms with E-state index in [1.54, 1.807) is 18.2 Å². The van der Waals surface area contributed by atoms with E-state index in [0.717, 1.165) is 35.2 Å². The lowest BCUT2D eigenvalue weighted by molar-refractivity contribution is 0.242. The monoisotopic (exact) mass is 395 g/mol. The van der Waals surface area contributed by atoms with Gasteiger partial charge in [-0.25, -0.2) is 4.68 Å². The molecular formula is C24H21N5O. The zero-order chi connectivity index (χ0) is 21.1. The Bertz CT molecular complexity index is 1200. The van der Waals surface area contributed by atoms with E-state index >= 15 is 0 Å². The van der Waals surface area contributed by atoms with Gasteiger partial charge in [-0.05, 0) is 48.2 Å². The van der Waals surface area contributed by atoms with Crippen molar-refractivity contribution in [2.75, 3.05) is 6.54 Å². The van der Waals surface area contributed by atoms with Crippen LogP contribution in [0.5, 0.6) is 0 Å². The first-order chi connectivity index (χ1) is 14.6. The highest BCUT2D eigenvalue weighted by atomic mass is 16.1. The zero-order valence-corrected chi connectivity index (χ0v) is 16.8. The van der Waals surface area contributed by atoms with Crippen LogP contribution < -0.4 is 5.56 Å². The number of nitriles is 2. The number of rotatable bonds is 4. The van der Waals surface area contributed by atoms with E-state index in [-0.39, 0.29) is 5.56 Å². The van der Waals surface area contributed by atoms with E-state index in [1.807, 2.05) is 37.4 Å². The smallest absolute Gasteiger partial charge is 0.271 e. The van der Waals surface area contributed by atoms with E-state index in [9.17, 15) is 15.3 Å². The molecule has 1 aliphatic rings. The van der Waals surface area contributed by atoms with Crippen LogP contribution >= 0.6 is 0 Å². The molecule has 0 amide bonds. The predicted molar refractivity (Wildman–Crippen MR) is 112 cm³/mol. The summed E-state index contributed by atoms with van der Waals surface area (Å²) in [4.78, 5) is 15.2. The summed E-state index contributed by atoms with van der Waals surface area (Å²) in [6, 6.07) is 17.5. The molecule has 0 bridgehead atoms. The van der Waals surface area contributed by atoms with Gasteiger partial charge in [0.05, 0.1) is 36.0 Å². The number of aryl methyl sites for hydroxylation is 1. The van der Waals surface area contributed by atoms with Crippen LogP contribution in [0, 0.1) is 29.6 Å². The van der Waals surface area contributed by atoms with Crippen molar-refractivity contribution in [1.29, 1.82) is 10.5 Å². The third-order valence-electron chi connectivity index (χ3n) is 5.42. The van der Waals surface area contributed by atoms with E-state index in [1.165, 1.54) is 10.2 Å². The fourth-order valence-electron chi connectivity index (χ4n) is 3.81. The summed E-state index contributed by atoms with van der Waals surface area (Å²) in [6.07, 6.45) is 2.57. The summed E-state index contributed by atoms with van der Waals surface area (Å²) >= 11 is 0. The van der Waals surface area contributed by atoms with Gasteiger partial charge in [0.15, 0.2) is 0 Å². The van der Waals surface area contributed by atoms with Gasteiger partial charge in [0.2, 0.25) is 0 Å². The fourth-order valence-corrected chi connectivity index (χ4v) is 3.81. The third-order valence-corrected chi connectivity index (χ3v) is 5.42. The SMILES string of the molecule is Cc1ccc(Cn2ncc3c(c2=O)CN(Cc2cc(C#N)cc(C#N)c2)CC3)cc1. The molecule has 0 saturated carbocycles. The number of fused-ring (bicyclic) bond motifs is 1. The van der Waals surface area contributed by atoms with Crippen LogP contribution in [0.2, 0.25) is 0 Å². The van der Waals surface area contributed by atoms with Crippen LogP contribution in [0.1, 0.15) is 38.9 Å². The first-order valence-electron chi connectivity index (χ1n) is 9.85. The fraction of sp³-hybridized carbons (Fsp3) is 0.250. The lowest BCUT2D eigenvalue weighted by Gasteiger charge is -2.28. The van der Waals surface area contributed by atoms with Crippen LogP contribution in [0.3, 0.4) is 0 Å². The molecule has 0 radical (unpaired) electrons. The highest BCUT2D eigenvalue weighted by molar-refractivity contribution is 5.42. The minimum absolute atomic E-state index is 0.0544. The van der Waals surface area contributed by atoms with Crippen molar-refractivity contribution in [2.45, 2.75) is 33.0 Å². The average molecular weight is 395 g/mol. The van der Waals surface area contributed by atoms with E-state index < -0.39 is 0 Å². The molecule has 4 rings (SSSR count). The van der Waals surface area contributed by atoms with E-state index in [0.29, 0.717) is 30.8 Å². The molecule has 0 saturated heterocycles. The first kappa shape index (κ1) is 19.6. The van der Waals surface area contributed by atoms with Gasteiger partial charge in [-0.2, -0.15) is 15.6 Å². The molecule has 0 spiro atoms. The van der Waals surface area contributed by atoms with Crippen molar-refractivity contribution < 1.29 is 0 Å². The highest BCUT2D eigenvalue weighted by Gasteiger charge is 2.21. The highest BCUT2D eigenvalue weighted by Crippen LogP contribution is 2.19. The van der Waals surface area contributed by atoms with Crippen LogP contribution in [-0.4, -0.2) is 21.2 Å². The van der Waals surface area contributed by atoms with Crippen molar-refractivity contribution >= 4 is 0 Å². The maximum Gasteiger partial charge on any atom is 0.271 e. The van der Waals surface area contributed by atoms with Gasteiger partial charge >= 0.3 is 0 Å². The van der Waals surface area contributed by atoms with E-state index in [4.69, 9.17) is 0 Å². The summed E-state index contributed by atoms with van der Waals surface area (Å²) in [7, 11) is 0. The Labute approximate surface area is 175 Å². The molecule has 0 unspecified atom stereocenters. The number of hydrogen-bond donors (Lipinski definition) is 0. The Hall–Kier alpha value is -3.74. The molecule has 30 heavy (non-hydrogen) atoms. The Morgan fingerprint density at radius 1 is 1.00 bits per heavy atom. The number of nitrogens with zero attached hydrogens (tertiary/aromatic N) is 5. The Morgan fingerprint density at radius 2 is 1.70 bits per heavy atom. The summed E-state index contributed by atoms with van der Waals surface area (Å²) in [5.41, 5.74) is 5.81. The topological polar surface area (TPSA) is 85.7 Å². The Morgan fingerprint density at radius 3 is 2.37 bits per heavy atom. The lowest BCUT2D eigenvalue weighted by Crippen LogP contribution is -2.37. The van der Waals surface area contributed by atoms with Gasteiger partial charge < -0.3 is 0 Å². The normalized spacial score (nSPS) is 13.3. The second kappa shape index (κ2) is 8.32. The Balaban J connectivity index is 1.56. The maximum atomic E-state index is 13.1. The number of benzene rings is 2. The zero-order valence-electron chi connectivity index (χ0n) is 16.8. The van der Waals surface area contributed by atoms with Gasteiger partial charge in [-0.1, -0.05) is 29.8 Å². The summed E-state index contributed by atoms with van der Waals surface area (Å²) in [6.45, 7) is 4.40. The molecule has 6 nitrogen and oxygen atoms in total. The molecule has 1 aromatic heterocycles. The van der Waals surface area contributed by atoms with Gasteiger partial charge in [-0.3, -0.25) is 9.69 Å². The van der Waals surface area contributed by atoms with Crippen molar-refractivity contribution in [3.8, 4) is 12.1 Å². The maximum absolute atomic E-state index is 13.1. The van der Waals surface area contributed by atoms with Gasteiger partial charge in [0.25, 0.3) is 5.56 Å². The van der Waals surface area contributed by atoms with Gasteiger partial charge in [0, 0.05) is 25.2 Å². The van der Waals surface area contributed by atoms with Crippen molar-refractivity contribution in [1.82, 2.24) is 14.7 Å². The molecule has 1 aliphatic heterocycles. The van der Waals surface area contributed by atoms with Crippen LogP contribution in [0.15, 0.2) is 53.5 Å². The average Bonchev–Trinajstić information content (AvgIpc) is 2.77. The van der Waals surface area contributed by atoms with Gasteiger partial charge in [-0.15, -0.1) is 0 Å². The lowest BCUT2D eigenvalue weighted by atomic mass is 10.0. The molecule has 2 aromatic carbocycles. The minimum Gasteiger partial charge on any atom is -0.294 e. The second-order valence-electron chi connectivity index (χ2n) is 7.70. The second-order valence-corrected chi connectivity index (χ2v) is 7.70. The molecule has 3 aromatic rings. The third kappa shape index (κ3) is 4.15. The predicted octanol–water partition coefficient (Wildman–Crippen LogP) is 2.90.